The summed E-state index contributed by atoms with van der Waals surface area (Å²) >= 11 is 5.88. The van der Waals surface area contributed by atoms with E-state index in [1.807, 2.05) is 18.4 Å². The number of nitrogens with zero attached hydrogens (tertiary/aromatic N) is 6. The van der Waals surface area contributed by atoms with Crippen LogP contribution in [0.2, 0.25) is 5.02 Å². The molecule has 3 aliphatic rings. The molecule has 242 valence electrons. The number of fused-ring (bicyclic) bond motifs is 3. The fraction of sp³-hybridized carbons (Fsp3) is 0.600. The summed E-state index contributed by atoms with van der Waals surface area (Å²) < 4.78 is 61.0. The lowest BCUT2D eigenvalue weighted by Crippen LogP contribution is -2.52. The molecular formula is C30H36ClF3N8O3. The predicted octanol–water partition coefficient (Wildman–Crippen LogP) is 5.50. The van der Waals surface area contributed by atoms with Gasteiger partial charge in [0.2, 0.25) is 0 Å². The van der Waals surface area contributed by atoms with Gasteiger partial charge in [-0.15, -0.1) is 0 Å². The van der Waals surface area contributed by atoms with E-state index in [1.165, 1.54) is 12.4 Å². The molecule has 2 saturated heterocycles. The minimum Gasteiger partial charge on any atom is -0.382 e. The van der Waals surface area contributed by atoms with Gasteiger partial charge >= 0.3 is 6.18 Å². The average Bonchev–Trinajstić information content (AvgIpc) is 3.67. The summed E-state index contributed by atoms with van der Waals surface area (Å²) in [6.07, 6.45) is 0.749. The van der Waals surface area contributed by atoms with Crippen molar-refractivity contribution in [3.8, 4) is 0 Å². The van der Waals surface area contributed by atoms with E-state index >= 15 is 0 Å². The van der Waals surface area contributed by atoms with Crippen LogP contribution in [-0.4, -0.2) is 77.1 Å². The average molecular weight is 649 g/mol. The van der Waals surface area contributed by atoms with Crippen LogP contribution in [0.15, 0.2) is 24.8 Å². The fourth-order valence-corrected chi connectivity index (χ4v) is 7.31. The molecule has 4 aromatic rings. The Balaban J connectivity index is 1.01. The Hall–Kier alpha value is -3.04. The molecule has 1 aromatic carbocycles. The van der Waals surface area contributed by atoms with Crippen molar-refractivity contribution < 1.29 is 27.4 Å². The van der Waals surface area contributed by atoms with Gasteiger partial charge in [0, 0.05) is 25.0 Å². The first-order chi connectivity index (χ1) is 21.3. The number of imidazole rings is 2. The van der Waals surface area contributed by atoms with Crippen molar-refractivity contribution in [3.05, 3.63) is 41.2 Å². The summed E-state index contributed by atoms with van der Waals surface area (Å²) in [6.45, 7) is 8.86. The van der Waals surface area contributed by atoms with Gasteiger partial charge in [-0.1, -0.05) is 11.6 Å². The molecule has 1 saturated carbocycles. The number of anilines is 1. The van der Waals surface area contributed by atoms with Gasteiger partial charge in [0.05, 0.1) is 27.9 Å². The van der Waals surface area contributed by atoms with Crippen LogP contribution in [0.25, 0.3) is 22.2 Å². The monoisotopic (exact) mass is 648 g/mol. The number of benzene rings is 1. The van der Waals surface area contributed by atoms with Crippen LogP contribution in [-0.2, 0) is 26.8 Å². The molecule has 1 aliphatic carbocycles. The van der Waals surface area contributed by atoms with Crippen molar-refractivity contribution in [2.75, 3.05) is 12.3 Å². The molecule has 0 spiro atoms. The molecule has 4 atom stereocenters. The summed E-state index contributed by atoms with van der Waals surface area (Å²) in [5, 5.41) is -0.345. The maximum Gasteiger partial charge on any atom is 0.417 e. The maximum atomic E-state index is 13.3. The van der Waals surface area contributed by atoms with Gasteiger partial charge in [0.15, 0.2) is 23.5 Å². The third-order valence-electron chi connectivity index (χ3n) is 9.23. The van der Waals surface area contributed by atoms with Crippen molar-refractivity contribution in [1.29, 1.82) is 0 Å². The van der Waals surface area contributed by atoms with Gasteiger partial charge in [-0.2, -0.15) is 13.2 Å². The van der Waals surface area contributed by atoms with E-state index < -0.39 is 23.8 Å². The van der Waals surface area contributed by atoms with Gasteiger partial charge in [0.25, 0.3) is 0 Å². The van der Waals surface area contributed by atoms with Crippen LogP contribution in [0.1, 0.15) is 64.6 Å². The lowest BCUT2D eigenvalue weighted by atomic mass is 9.76. The minimum atomic E-state index is -4.52. The van der Waals surface area contributed by atoms with Crippen molar-refractivity contribution in [3.63, 3.8) is 0 Å². The van der Waals surface area contributed by atoms with Gasteiger partial charge in [-0.3, -0.25) is 9.47 Å². The first kappa shape index (κ1) is 30.6. The number of aromatic nitrogens is 6. The highest BCUT2D eigenvalue weighted by atomic mass is 35.5. The van der Waals surface area contributed by atoms with E-state index in [0.29, 0.717) is 58.8 Å². The molecule has 3 aromatic heterocycles. The topological polar surface area (TPSA) is 129 Å². The number of hydrogen-bond acceptors (Lipinski definition) is 9. The fourth-order valence-electron chi connectivity index (χ4n) is 7.04. The van der Waals surface area contributed by atoms with Crippen molar-refractivity contribution in [2.45, 2.75) is 102 Å². The Bertz CT molecular complexity index is 1720. The summed E-state index contributed by atoms with van der Waals surface area (Å²) in [5.74, 6) is 0.692. The maximum absolute atomic E-state index is 13.3. The van der Waals surface area contributed by atoms with Crippen LogP contribution in [0.5, 0.6) is 0 Å². The normalized spacial score (nSPS) is 28.0. The van der Waals surface area contributed by atoms with Crippen LogP contribution in [0, 0.1) is 5.92 Å². The molecule has 3 fully saturated rings. The molecular weight excluding hydrogens is 613 g/mol. The highest BCUT2D eigenvalue weighted by Crippen LogP contribution is 2.45. The second-order valence-corrected chi connectivity index (χ2v) is 13.5. The van der Waals surface area contributed by atoms with Crippen molar-refractivity contribution in [2.24, 2.45) is 5.92 Å². The van der Waals surface area contributed by atoms with E-state index in [9.17, 15) is 13.2 Å². The third-order valence-corrected chi connectivity index (χ3v) is 9.55. The Morgan fingerprint density at radius 1 is 1.16 bits per heavy atom. The highest BCUT2D eigenvalue weighted by molar-refractivity contribution is 6.32. The van der Waals surface area contributed by atoms with E-state index in [1.54, 1.807) is 6.33 Å². The SMILES string of the molecule is CC(C)N(C[C@H]1O[C@@H](n2cnc3c(N)ncnc32)[C@@H]2OC(C)(C)O[C@@H]21)[C@H]1C[C@H](CCc2nc3cc(Cl)c(C(F)(F)F)cc3[nH]2)C1. The van der Waals surface area contributed by atoms with Gasteiger partial charge < -0.3 is 24.9 Å². The summed E-state index contributed by atoms with van der Waals surface area (Å²) in [4.78, 5) is 22.9. The van der Waals surface area contributed by atoms with Gasteiger partial charge in [-0.25, -0.2) is 19.9 Å². The standard InChI is InChI=1S/C30H36ClF3N8O3/c1-14(2)41(16-7-15(8-16)5-6-22-39-19-9-17(30(32,33)34)18(31)10-20(19)40-22)11-21-24-25(45-29(3,4)44-24)28(43-21)42-13-38-23-26(35)36-12-37-27(23)42/h9-10,12-16,21,24-25,28H,5-8,11H2,1-4H3,(H,39,40)(H2,35,36,37)/t15-,16-,21-,24-,25-,28-/m1/s1. The first-order valence-electron chi connectivity index (χ1n) is 15.2. The zero-order chi connectivity index (χ0) is 31.8. The van der Waals surface area contributed by atoms with Gasteiger partial charge in [0.1, 0.15) is 36.0 Å². The number of H-pyrrole nitrogens is 1. The second kappa shape index (κ2) is 11.0. The zero-order valence-corrected chi connectivity index (χ0v) is 26.1. The number of alkyl halides is 3. The number of halogens is 4. The number of aromatic amines is 1. The highest BCUT2D eigenvalue weighted by Gasteiger charge is 2.57. The summed E-state index contributed by atoms with van der Waals surface area (Å²) in [5.41, 5.74) is 7.05. The minimum absolute atomic E-state index is 0.246. The van der Waals surface area contributed by atoms with Crippen molar-refractivity contribution in [1.82, 2.24) is 34.4 Å². The lowest BCUT2D eigenvalue weighted by molar-refractivity contribution is -0.199. The largest absolute Gasteiger partial charge is 0.417 e. The Morgan fingerprint density at radius 3 is 2.64 bits per heavy atom. The quantitative estimate of drug-likeness (QED) is 0.255. The molecule has 7 rings (SSSR count). The van der Waals surface area contributed by atoms with Crippen LogP contribution in [0.4, 0.5) is 19.0 Å². The number of rotatable bonds is 8. The number of nitrogens with one attached hydrogen (secondary N) is 1. The van der Waals surface area contributed by atoms with E-state index in [4.69, 9.17) is 31.5 Å². The van der Waals surface area contributed by atoms with E-state index in [2.05, 4.69) is 43.7 Å². The zero-order valence-electron chi connectivity index (χ0n) is 25.4. The van der Waals surface area contributed by atoms with E-state index in [-0.39, 0.29) is 29.4 Å². The molecule has 2 aliphatic heterocycles. The van der Waals surface area contributed by atoms with Gasteiger partial charge in [-0.05, 0) is 65.0 Å². The number of nitrogens with two attached hydrogens (primary N) is 1. The first-order valence-corrected chi connectivity index (χ1v) is 15.6. The molecule has 0 bridgehead atoms. The van der Waals surface area contributed by atoms with Crippen LogP contribution < -0.4 is 5.73 Å². The molecule has 0 unspecified atom stereocenters. The number of ether oxygens (including phenoxy) is 3. The molecule has 3 N–H and O–H groups in total. The number of aryl methyl sites for hydroxylation is 1. The summed E-state index contributed by atoms with van der Waals surface area (Å²) in [6, 6.07) is 2.96. The number of nitrogen functional groups attached to an aromatic ring is 1. The molecule has 15 heteroatoms. The molecule has 45 heavy (non-hydrogen) atoms. The van der Waals surface area contributed by atoms with E-state index in [0.717, 1.165) is 25.3 Å². The molecule has 11 nitrogen and oxygen atoms in total. The summed E-state index contributed by atoms with van der Waals surface area (Å²) in [7, 11) is 0. The van der Waals surface area contributed by atoms with Crippen LogP contribution >= 0.6 is 11.6 Å². The lowest BCUT2D eigenvalue weighted by Gasteiger charge is -2.46. The number of hydrogen-bond donors (Lipinski definition) is 2. The molecule has 0 radical (unpaired) electrons. The van der Waals surface area contributed by atoms with Crippen LogP contribution in [0.3, 0.4) is 0 Å². The third kappa shape index (κ3) is 5.64. The smallest absolute Gasteiger partial charge is 0.382 e. The van der Waals surface area contributed by atoms with Crippen molar-refractivity contribution >= 4 is 39.6 Å². The molecule has 5 heterocycles. The predicted molar refractivity (Wildman–Crippen MR) is 160 cm³/mol. The Labute approximate surface area is 262 Å². The molecule has 0 amide bonds. The Morgan fingerprint density at radius 2 is 1.91 bits per heavy atom. The Kier molecular flexibility index (Phi) is 7.51. The second-order valence-electron chi connectivity index (χ2n) is 13.1.